The van der Waals surface area contributed by atoms with Gasteiger partial charge in [0.05, 0.1) is 7.11 Å². The van der Waals surface area contributed by atoms with Crippen LogP contribution >= 0.6 is 6.49 Å². The highest BCUT2D eigenvalue weighted by atomic mass is 32.5. The summed E-state index contributed by atoms with van der Waals surface area (Å²) in [5.41, 5.74) is 0.640. The van der Waals surface area contributed by atoms with Crippen LogP contribution in [0.25, 0.3) is 0 Å². The SMILES string of the molecule is COc1cc(CCP(O)(=S)OC)nc(C(C)(C)C)n1. The Labute approximate surface area is 119 Å². The number of aryl methyl sites for hydroxylation is 1. The smallest absolute Gasteiger partial charge is 0.216 e. The normalized spacial score (nSPS) is 15.1. The van der Waals surface area contributed by atoms with Gasteiger partial charge in [0.25, 0.3) is 0 Å². The maximum absolute atomic E-state index is 9.77. The van der Waals surface area contributed by atoms with Gasteiger partial charge >= 0.3 is 0 Å². The van der Waals surface area contributed by atoms with Gasteiger partial charge in [0.2, 0.25) is 5.88 Å². The van der Waals surface area contributed by atoms with E-state index in [9.17, 15) is 4.89 Å². The molecule has 0 spiro atoms. The molecule has 0 aliphatic carbocycles. The van der Waals surface area contributed by atoms with Crippen LogP contribution < -0.4 is 4.74 Å². The molecule has 0 amide bonds. The molecule has 1 N–H and O–H groups in total. The van der Waals surface area contributed by atoms with Gasteiger partial charge in [-0.3, -0.25) is 0 Å². The highest BCUT2D eigenvalue weighted by Crippen LogP contribution is 2.41. The summed E-state index contributed by atoms with van der Waals surface area (Å²) < 4.78 is 10.1. The van der Waals surface area contributed by atoms with Crippen LogP contribution in [0, 0.1) is 0 Å². The van der Waals surface area contributed by atoms with E-state index in [0.29, 0.717) is 24.3 Å². The molecule has 1 unspecified atom stereocenters. The van der Waals surface area contributed by atoms with Crippen molar-refractivity contribution in [3.8, 4) is 5.88 Å². The number of hydrogen-bond donors (Lipinski definition) is 1. The number of methoxy groups -OCH3 is 1. The highest BCUT2D eigenvalue weighted by molar-refractivity contribution is 8.09. The monoisotopic (exact) mass is 304 g/mol. The summed E-state index contributed by atoms with van der Waals surface area (Å²) in [6, 6.07) is 1.76. The lowest BCUT2D eigenvalue weighted by atomic mass is 9.95. The number of hydrogen-bond acceptors (Lipinski definition) is 5. The number of ether oxygens (including phenoxy) is 1. The predicted octanol–water partition coefficient (Wildman–Crippen LogP) is 2.27. The predicted molar refractivity (Wildman–Crippen MR) is 79.4 cm³/mol. The Bertz CT molecular complexity index is 488. The quantitative estimate of drug-likeness (QED) is 0.842. The van der Waals surface area contributed by atoms with E-state index in [0.717, 1.165) is 5.69 Å². The van der Waals surface area contributed by atoms with Crippen molar-refractivity contribution in [3.63, 3.8) is 0 Å². The van der Waals surface area contributed by atoms with E-state index in [1.54, 1.807) is 13.2 Å². The zero-order valence-electron chi connectivity index (χ0n) is 12.0. The van der Waals surface area contributed by atoms with Crippen molar-refractivity contribution in [2.45, 2.75) is 32.6 Å². The van der Waals surface area contributed by atoms with E-state index >= 15 is 0 Å². The fraction of sp³-hybridized carbons (Fsp3) is 0.667. The summed E-state index contributed by atoms with van der Waals surface area (Å²) in [5.74, 6) is 1.24. The molecule has 1 heterocycles. The first-order valence-corrected chi connectivity index (χ1v) is 8.84. The van der Waals surface area contributed by atoms with Crippen LogP contribution in [-0.4, -0.2) is 35.2 Å². The second-order valence-corrected chi connectivity index (χ2v) is 9.07. The summed E-state index contributed by atoms with van der Waals surface area (Å²) in [6.45, 7) is 3.43. The van der Waals surface area contributed by atoms with Gasteiger partial charge in [-0.2, -0.15) is 4.98 Å². The minimum Gasteiger partial charge on any atom is -0.481 e. The number of aromatic nitrogens is 2. The lowest BCUT2D eigenvalue weighted by molar-refractivity contribution is 0.384. The van der Waals surface area contributed by atoms with Crippen LogP contribution in [0.15, 0.2) is 6.07 Å². The van der Waals surface area contributed by atoms with Crippen molar-refractivity contribution >= 4 is 18.3 Å². The molecule has 1 aromatic heterocycles. The molecule has 0 saturated heterocycles. The topological polar surface area (TPSA) is 64.5 Å². The summed E-state index contributed by atoms with van der Waals surface area (Å²) in [7, 11) is 3.01. The lowest BCUT2D eigenvalue weighted by Gasteiger charge is -2.18. The molecule has 0 saturated carbocycles. The molecular formula is C12H21N2O3PS. The van der Waals surface area contributed by atoms with Crippen molar-refractivity contribution < 1.29 is 14.2 Å². The second-order valence-electron chi connectivity index (χ2n) is 5.27. The molecule has 0 radical (unpaired) electrons. The Kier molecular flexibility index (Phi) is 5.44. The molecule has 1 aromatic rings. The average molecular weight is 304 g/mol. The van der Waals surface area contributed by atoms with Crippen LogP contribution in [0.2, 0.25) is 0 Å². The van der Waals surface area contributed by atoms with Gasteiger partial charge in [0, 0.05) is 30.4 Å². The number of nitrogens with zero attached hydrogens (tertiary/aromatic N) is 2. The molecule has 0 fully saturated rings. The molecule has 1 atom stereocenters. The number of rotatable bonds is 5. The van der Waals surface area contributed by atoms with E-state index in [1.165, 1.54) is 7.11 Å². The van der Waals surface area contributed by atoms with Crippen molar-refractivity contribution in [2.24, 2.45) is 0 Å². The van der Waals surface area contributed by atoms with Gasteiger partial charge in [-0.1, -0.05) is 20.8 Å². The Morgan fingerprint density at radius 1 is 1.32 bits per heavy atom. The van der Waals surface area contributed by atoms with Crippen molar-refractivity contribution in [1.29, 1.82) is 0 Å². The largest absolute Gasteiger partial charge is 0.481 e. The van der Waals surface area contributed by atoms with Crippen LogP contribution in [0.4, 0.5) is 0 Å². The first-order chi connectivity index (χ1) is 8.68. The van der Waals surface area contributed by atoms with E-state index in [2.05, 4.69) is 9.97 Å². The summed E-state index contributed by atoms with van der Waals surface area (Å²) in [6.07, 6.45) is 0.937. The Balaban J connectivity index is 2.98. The maximum Gasteiger partial charge on any atom is 0.216 e. The molecule has 0 aromatic carbocycles. The van der Waals surface area contributed by atoms with E-state index in [1.807, 2.05) is 20.8 Å². The highest BCUT2D eigenvalue weighted by Gasteiger charge is 2.20. The first kappa shape index (κ1) is 16.5. The molecule has 1 rings (SSSR count). The summed E-state index contributed by atoms with van der Waals surface area (Å²) in [5, 5.41) is 0. The lowest BCUT2D eigenvalue weighted by Crippen LogP contribution is -2.17. The zero-order valence-corrected chi connectivity index (χ0v) is 13.7. The fourth-order valence-corrected chi connectivity index (χ4v) is 2.36. The van der Waals surface area contributed by atoms with Crippen molar-refractivity contribution in [1.82, 2.24) is 9.97 Å². The molecule has 108 valence electrons. The fourth-order valence-electron chi connectivity index (χ4n) is 1.39. The van der Waals surface area contributed by atoms with Gasteiger partial charge in [-0.15, -0.1) is 0 Å². The molecule has 0 aliphatic rings. The third-order valence-corrected chi connectivity index (χ3v) is 4.93. The Morgan fingerprint density at radius 2 is 1.95 bits per heavy atom. The van der Waals surface area contributed by atoms with Gasteiger partial charge in [-0.05, 0) is 18.2 Å². The third kappa shape index (κ3) is 5.15. The molecule has 5 nitrogen and oxygen atoms in total. The standard InChI is InChI=1S/C12H21N2O3PS/c1-12(2,3)11-13-9(8-10(14-11)16-4)6-7-18(15,19)17-5/h8H,6-7H2,1-5H3,(H,15,19). The molecule has 0 aliphatic heterocycles. The minimum absolute atomic E-state index is 0.163. The van der Waals surface area contributed by atoms with Gasteiger partial charge < -0.3 is 14.2 Å². The van der Waals surface area contributed by atoms with E-state index in [4.69, 9.17) is 21.1 Å². The van der Waals surface area contributed by atoms with Crippen LogP contribution in [0.3, 0.4) is 0 Å². The summed E-state index contributed by atoms with van der Waals surface area (Å²) in [4.78, 5) is 18.6. The van der Waals surface area contributed by atoms with E-state index in [-0.39, 0.29) is 5.41 Å². The minimum atomic E-state index is -2.69. The first-order valence-electron chi connectivity index (χ1n) is 5.98. The molecular weight excluding hydrogens is 283 g/mol. The van der Waals surface area contributed by atoms with Crippen LogP contribution in [0.1, 0.15) is 32.3 Å². The van der Waals surface area contributed by atoms with Crippen molar-refractivity contribution in [3.05, 3.63) is 17.6 Å². The average Bonchev–Trinajstić information content (AvgIpc) is 2.35. The molecule has 7 heteroatoms. The van der Waals surface area contributed by atoms with Gasteiger partial charge in [-0.25, -0.2) is 4.98 Å². The zero-order chi connectivity index (χ0) is 14.7. The molecule has 19 heavy (non-hydrogen) atoms. The summed E-state index contributed by atoms with van der Waals surface area (Å²) >= 11 is 4.98. The Hall–Kier alpha value is -0.550. The van der Waals surface area contributed by atoms with Crippen molar-refractivity contribution in [2.75, 3.05) is 20.4 Å². The van der Waals surface area contributed by atoms with E-state index < -0.39 is 6.49 Å². The van der Waals surface area contributed by atoms with Crippen LogP contribution in [0.5, 0.6) is 5.88 Å². The van der Waals surface area contributed by atoms with Crippen LogP contribution in [-0.2, 0) is 28.2 Å². The maximum atomic E-state index is 9.77. The van der Waals surface area contributed by atoms with Gasteiger partial charge in [0.1, 0.15) is 5.82 Å². The second kappa shape index (κ2) is 6.27. The Morgan fingerprint density at radius 3 is 2.42 bits per heavy atom. The van der Waals surface area contributed by atoms with Gasteiger partial charge in [0.15, 0.2) is 6.49 Å². The molecule has 0 bridgehead atoms. The third-order valence-electron chi connectivity index (χ3n) is 2.57.